The fourth-order valence-corrected chi connectivity index (χ4v) is 6.02. The zero-order chi connectivity index (χ0) is 41.4. The van der Waals surface area contributed by atoms with E-state index in [0.717, 1.165) is 77.0 Å². The number of carboxylic acid groups (broad SMARTS) is 1. The highest BCUT2D eigenvalue weighted by molar-refractivity contribution is 5.70. The maximum atomic E-state index is 12.7. The SMILES string of the molecule is CCCC/C=C\C/C=C\CCCCCCCC(=O)OC(COC(=O)CCCCCCCCC/C=C\CCCCCCCC)COC(OCC[N+](C)(C)C)C(=O)[O-]. The van der Waals surface area contributed by atoms with Crippen molar-refractivity contribution in [1.82, 2.24) is 0 Å². The molecule has 9 heteroatoms. The number of quaternary nitrogens is 1. The van der Waals surface area contributed by atoms with Crippen molar-refractivity contribution in [2.75, 3.05) is 47.5 Å². The minimum atomic E-state index is -1.62. The van der Waals surface area contributed by atoms with Gasteiger partial charge in [0.15, 0.2) is 12.4 Å². The van der Waals surface area contributed by atoms with Crippen LogP contribution in [-0.4, -0.2) is 82.3 Å². The summed E-state index contributed by atoms with van der Waals surface area (Å²) < 4.78 is 22.5. The van der Waals surface area contributed by atoms with Crippen LogP contribution in [0.5, 0.6) is 0 Å². The molecule has 0 heterocycles. The number of nitrogens with zero attached hydrogens (tertiary/aromatic N) is 1. The number of hydrogen-bond donors (Lipinski definition) is 0. The van der Waals surface area contributed by atoms with Gasteiger partial charge in [0, 0.05) is 12.8 Å². The summed E-state index contributed by atoms with van der Waals surface area (Å²) in [5.74, 6) is -2.31. The molecule has 0 aromatic rings. The topological polar surface area (TPSA) is 111 Å². The second-order valence-electron chi connectivity index (χ2n) is 16.3. The molecule has 9 nitrogen and oxygen atoms in total. The molecule has 0 spiro atoms. The van der Waals surface area contributed by atoms with Gasteiger partial charge < -0.3 is 33.3 Å². The lowest BCUT2D eigenvalue weighted by atomic mass is 10.1. The number of esters is 2. The number of likely N-dealkylation sites (N-methyl/N-ethyl adjacent to an activating group) is 1. The van der Waals surface area contributed by atoms with Gasteiger partial charge in [-0.25, -0.2) is 0 Å². The number of aliphatic carboxylic acids is 1. The van der Waals surface area contributed by atoms with Gasteiger partial charge in [0.2, 0.25) is 0 Å². The van der Waals surface area contributed by atoms with E-state index in [-0.39, 0.29) is 38.6 Å². The molecule has 0 radical (unpaired) electrons. The monoisotopic (exact) mass is 792 g/mol. The van der Waals surface area contributed by atoms with Crippen molar-refractivity contribution in [3.05, 3.63) is 36.5 Å². The van der Waals surface area contributed by atoms with Crippen LogP contribution >= 0.6 is 0 Å². The summed E-state index contributed by atoms with van der Waals surface area (Å²) in [6.07, 6.45) is 40.2. The molecule has 2 atom stereocenters. The van der Waals surface area contributed by atoms with Crippen LogP contribution in [0.3, 0.4) is 0 Å². The lowest BCUT2D eigenvalue weighted by Crippen LogP contribution is -2.44. The minimum absolute atomic E-state index is 0.144. The van der Waals surface area contributed by atoms with E-state index in [0.29, 0.717) is 17.4 Å². The molecular weight excluding hydrogens is 707 g/mol. The Labute approximate surface area is 343 Å². The van der Waals surface area contributed by atoms with Crippen molar-refractivity contribution < 1.29 is 42.9 Å². The number of carbonyl (C=O) groups is 3. The van der Waals surface area contributed by atoms with Crippen molar-refractivity contribution in [2.24, 2.45) is 0 Å². The summed E-state index contributed by atoms with van der Waals surface area (Å²) in [6, 6.07) is 0. The van der Waals surface area contributed by atoms with Crippen LogP contribution in [0.2, 0.25) is 0 Å². The summed E-state index contributed by atoms with van der Waals surface area (Å²) in [4.78, 5) is 37.0. The Bertz CT molecular complexity index is 1020. The minimum Gasteiger partial charge on any atom is -0.545 e. The van der Waals surface area contributed by atoms with E-state index in [1.807, 2.05) is 21.1 Å². The highest BCUT2D eigenvalue weighted by Gasteiger charge is 2.21. The van der Waals surface area contributed by atoms with E-state index in [1.165, 1.54) is 77.0 Å². The van der Waals surface area contributed by atoms with Gasteiger partial charge in [0.1, 0.15) is 13.2 Å². The lowest BCUT2D eigenvalue weighted by molar-refractivity contribution is -0.870. The maximum Gasteiger partial charge on any atom is 0.306 e. The normalized spacial score (nSPS) is 13.2. The van der Waals surface area contributed by atoms with E-state index >= 15 is 0 Å². The molecule has 0 saturated heterocycles. The molecule has 0 bridgehead atoms. The molecule has 0 amide bonds. The standard InChI is InChI=1S/C47H85NO8/c1-6-8-10-12-14-16-18-20-22-23-24-26-27-29-31-33-35-37-44(49)54-41-43(42-55-47(46(51)52)53-40-39-48(3,4)5)56-45(50)38-36-34-32-30-28-25-21-19-17-15-13-11-9-7-2/h13,15,19-22,43,47H,6-12,14,16-18,23-42H2,1-5H3/b15-13-,21-19-,22-20-. The highest BCUT2D eigenvalue weighted by atomic mass is 16.7. The van der Waals surface area contributed by atoms with E-state index in [2.05, 4.69) is 50.3 Å². The van der Waals surface area contributed by atoms with Gasteiger partial charge in [-0.05, 0) is 64.2 Å². The Morgan fingerprint density at radius 3 is 1.48 bits per heavy atom. The van der Waals surface area contributed by atoms with E-state index in [1.54, 1.807) is 0 Å². The summed E-state index contributed by atoms with van der Waals surface area (Å²) >= 11 is 0. The average molecular weight is 792 g/mol. The molecule has 0 aliphatic rings. The summed E-state index contributed by atoms with van der Waals surface area (Å²) in [5.41, 5.74) is 0. The smallest absolute Gasteiger partial charge is 0.306 e. The lowest BCUT2D eigenvalue weighted by Gasteiger charge is -2.26. The molecular formula is C47H85NO8. The highest BCUT2D eigenvalue weighted by Crippen LogP contribution is 2.13. The number of allylic oxidation sites excluding steroid dienone is 6. The van der Waals surface area contributed by atoms with Crippen LogP contribution in [0, 0.1) is 0 Å². The van der Waals surface area contributed by atoms with Crippen molar-refractivity contribution in [3.63, 3.8) is 0 Å². The van der Waals surface area contributed by atoms with E-state index in [9.17, 15) is 19.5 Å². The number of ether oxygens (including phenoxy) is 4. The second-order valence-corrected chi connectivity index (χ2v) is 16.3. The largest absolute Gasteiger partial charge is 0.545 e. The maximum absolute atomic E-state index is 12.7. The predicted molar refractivity (Wildman–Crippen MR) is 228 cm³/mol. The van der Waals surface area contributed by atoms with Gasteiger partial charge in [-0.15, -0.1) is 0 Å². The summed E-state index contributed by atoms with van der Waals surface area (Å²) in [7, 11) is 5.90. The number of unbranched alkanes of at least 4 members (excludes halogenated alkanes) is 20. The number of hydrogen-bond acceptors (Lipinski definition) is 8. The molecule has 0 fully saturated rings. The fraction of sp³-hybridized carbons (Fsp3) is 0.809. The first-order valence-electron chi connectivity index (χ1n) is 22.6. The molecule has 0 aromatic carbocycles. The quantitative estimate of drug-likeness (QED) is 0.0198. The number of rotatable bonds is 41. The van der Waals surface area contributed by atoms with Crippen molar-refractivity contribution in [2.45, 2.75) is 200 Å². The Balaban J connectivity index is 4.45. The van der Waals surface area contributed by atoms with Crippen LogP contribution in [0.1, 0.15) is 187 Å². The van der Waals surface area contributed by atoms with E-state index < -0.39 is 24.3 Å². The first kappa shape index (κ1) is 53.5. The third kappa shape index (κ3) is 39.7. The van der Waals surface area contributed by atoms with Gasteiger partial charge in [-0.3, -0.25) is 9.59 Å². The van der Waals surface area contributed by atoms with Gasteiger partial charge >= 0.3 is 11.9 Å². The molecule has 2 unspecified atom stereocenters. The van der Waals surface area contributed by atoms with Crippen LogP contribution in [0.25, 0.3) is 0 Å². The van der Waals surface area contributed by atoms with Crippen molar-refractivity contribution in [3.8, 4) is 0 Å². The van der Waals surface area contributed by atoms with Crippen LogP contribution in [0.15, 0.2) is 36.5 Å². The molecule has 56 heavy (non-hydrogen) atoms. The third-order valence-electron chi connectivity index (χ3n) is 9.61. The molecule has 0 saturated carbocycles. The summed E-state index contributed by atoms with van der Waals surface area (Å²) in [6.45, 7) is 4.67. The van der Waals surface area contributed by atoms with Gasteiger partial charge in [0.05, 0.1) is 40.3 Å². The Hall–Kier alpha value is -2.49. The van der Waals surface area contributed by atoms with Gasteiger partial charge in [-0.2, -0.15) is 0 Å². The molecule has 0 aliphatic heterocycles. The third-order valence-corrected chi connectivity index (χ3v) is 9.61. The first-order chi connectivity index (χ1) is 27.1. The molecule has 326 valence electrons. The Kier molecular flexibility index (Phi) is 37.6. The average Bonchev–Trinajstić information content (AvgIpc) is 3.15. The van der Waals surface area contributed by atoms with Crippen molar-refractivity contribution in [1.29, 1.82) is 0 Å². The van der Waals surface area contributed by atoms with Gasteiger partial charge in [0.25, 0.3) is 0 Å². The second kappa shape index (κ2) is 39.3. The van der Waals surface area contributed by atoms with Crippen LogP contribution < -0.4 is 5.11 Å². The molecule has 0 rings (SSSR count). The molecule has 0 aliphatic carbocycles. The van der Waals surface area contributed by atoms with Crippen LogP contribution in [-0.2, 0) is 33.3 Å². The first-order valence-corrected chi connectivity index (χ1v) is 22.6. The van der Waals surface area contributed by atoms with E-state index in [4.69, 9.17) is 18.9 Å². The number of carboxylic acids is 1. The zero-order valence-electron chi connectivity index (χ0n) is 36.8. The summed E-state index contributed by atoms with van der Waals surface area (Å²) in [5, 5.41) is 11.7. The Morgan fingerprint density at radius 1 is 0.536 bits per heavy atom. The van der Waals surface area contributed by atoms with Crippen molar-refractivity contribution >= 4 is 17.9 Å². The molecule has 0 N–H and O–H groups in total. The van der Waals surface area contributed by atoms with Crippen LogP contribution in [0.4, 0.5) is 0 Å². The number of carbonyl (C=O) groups excluding carboxylic acids is 3. The fourth-order valence-electron chi connectivity index (χ4n) is 6.02. The van der Waals surface area contributed by atoms with Gasteiger partial charge in [-0.1, -0.05) is 147 Å². The molecule has 0 aromatic heterocycles. The zero-order valence-corrected chi connectivity index (χ0v) is 36.8. The Morgan fingerprint density at radius 2 is 0.982 bits per heavy atom. The predicted octanol–water partition coefficient (Wildman–Crippen LogP) is 10.5.